The van der Waals surface area contributed by atoms with Gasteiger partial charge in [-0.1, -0.05) is 30.5 Å². The molecule has 8 heteroatoms. The first kappa shape index (κ1) is 26.2. The van der Waals surface area contributed by atoms with E-state index >= 15 is 0 Å². The van der Waals surface area contributed by atoms with Gasteiger partial charge in [0.05, 0.1) is 44.0 Å². The number of halogens is 1. The number of unbranched alkanes of at least 4 members (excludes halogenated alkanes) is 2. The van der Waals surface area contributed by atoms with Gasteiger partial charge in [0.25, 0.3) is 0 Å². The monoisotopic (exact) mass is 468 g/mol. The average molecular weight is 469 g/mol. The minimum absolute atomic E-state index is 0.0339. The van der Waals surface area contributed by atoms with Crippen LogP contribution in [0.1, 0.15) is 50.5 Å². The zero-order chi connectivity index (χ0) is 23.7. The van der Waals surface area contributed by atoms with Gasteiger partial charge in [-0.05, 0) is 55.9 Å². The van der Waals surface area contributed by atoms with Gasteiger partial charge in [0.15, 0.2) is 17.3 Å². The first-order valence-corrected chi connectivity index (χ1v) is 11.2. The van der Waals surface area contributed by atoms with Crippen LogP contribution in [0.15, 0.2) is 29.3 Å². The number of esters is 1. The summed E-state index contributed by atoms with van der Waals surface area (Å²) in [6, 6.07) is 5.63. The highest BCUT2D eigenvalue weighted by Gasteiger charge is 2.49. The van der Waals surface area contributed by atoms with Crippen LogP contribution in [0.25, 0.3) is 0 Å². The number of methoxy groups -OCH3 is 3. The fourth-order valence-corrected chi connectivity index (χ4v) is 4.48. The first-order chi connectivity index (χ1) is 15.3. The van der Waals surface area contributed by atoms with E-state index in [1.165, 1.54) is 13.2 Å². The third kappa shape index (κ3) is 6.70. The second-order valence-corrected chi connectivity index (χ2v) is 8.52. The number of hydrogen-bond donors (Lipinski definition) is 2. The number of carbonyl (C=O) groups excluding carboxylic acids is 2. The molecule has 0 aromatic heterocycles. The van der Waals surface area contributed by atoms with E-state index in [1.807, 2.05) is 18.2 Å². The normalized spacial score (nSPS) is 21.2. The van der Waals surface area contributed by atoms with Crippen LogP contribution in [-0.2, 0) is 20.7 Å². The summed E-state index contributed by atoms with van der Waals surface area (Å²) in [5.74, 6) is -0.413. The second-order valence-electron chi connectivity index (χ2n) is 8.11. The lowest BCUT2D eigenvalue weighted by molar-refractivity contribution is -0.140. The van der Waals surface area contributed by atoms with E-state index in [0.29, 0.717) is 56.4 Å². The SMILES string of the molecule is COC(=O)CCCCCC(O)C1C(=O)C(Cl)=CC1(O)CCCc1ccc(OC)c(OC)c1. The van der Waals surface area contributed by atoms with E-state index in [4.69, 9.17) is 21.1 Å². The molecule has 7 nitrogen and oxygen atoms in total. The molecular weight excluding hydrogens is 436 g/mol. The van der Waals surface area contributed by atoms with Crippen LogP contribution >= 0.6 is 11.6 Å². The number of ether oxygens (including phenoxy) is 3. The van der Waals surface area contributed by atoms with Crippen molar-refractivity contribution in [1.29, 1.82) is 0 Å². The lowest BCUT2D eigenvalue weighted by Crippen LogP contribution is -2.43. The van der Waals surface area contributed by atoms with Crippen molar-refractivity contribution in [3.63, 3.8) is 0 Å². The number of rotatable bonds is 13. The molecule has 2 N–H and O–H groups in total. The van der Waals surface area contributed by atoms with Gasteiger partial charge in [-0.15, -0.1) is 0 Å². The number of Topliss-reactive ketones (excluding diaryl/α,β-unsaturated/α-hetero) is 1. The minimum Gasteiger partial charge on any atom is -0.493 e. The molecule has 0 amide bonds. The molecule has 0 aliphatic heterocycles. The van der Waals surface area contributed by atoms with Gasteiger partial charge in [0.1, 0.15) is 0 Å². The molecule has 1 aliphatic carbocycles. The fraction of sp³-hybridized carbons (Fsp3) is 0.583. The van der Waals surface area contributed by atoms with Crippen molar-refractivity contribution in [1.82, 2.24) is 0 Å². The topological polar surface area (TPSA) is 102 Å². The fourth-order valence-electron chi connectivity index (χ4n) is 4.17. The summed E-state index contributed by atoms with van der Waals surface area (Å²) >= 11 is 6.05. The van der Waals surface area contributed by atoms with Gasteiger partial charge in [0.2, 0.25) is 0 Å². The Bertz CT molecular complexity index is 823. The highest BCUT2D eigenvalue weighted by molar-refractivity contribution is 6.43. The van der Waals surface area contributed by atoms with Crippen LogP contribution < -0.4 is 9.47 Å². The predicted molar refractivity (Wildman–Crippen MR) is 121 cm³/mol. The molecule has 3 atom stereocenters. The molecule has 2 rings (SSSR count). The van der Waals surface area contributed by atoms with Crippen molar-refractivity contribution in [2.45, 2.75) is 63.1 Å². The third-order valence-electron chi connectivity index (χ3n) is 5.92. The summed E-state index contributed by atoms with van der Waals surface area (Å²) in [4.78, 5) is 23.7. The molecule has 178 valence electrons. The molecule has 3 unspecified atom stereocenters. The van der Waals surface area contributed by atoms with Crippen molar-refractivity contribution in [2.24, 2.45) is 5.92 Å². The molecule has 0 radical (unpaired) electrons. The maximum Gasteiger partial charge on any atom is 0.305 e. The lowest BCUT2D eigenvalue weighted by Gasteiger charge is -2.31. The van der Waals surface area contributed by atoms with Crippen LogP contribution in [0, 0.1) is 5.92 Å². The van der Waals surface area contributed by atoms with Crippen molar-refractivity contribution in [3.8, 4) is 11.5 Å². The number of allylic oxidation sites excluding steroid dienone is 1. The van der Waals surface area contributed by atoms with Crippen LogP contribution in [-0.4, -0.2) is 55.0 Å². The second kappa shape index (κ2) is 12.2. The van der Waals surface area contributed by atoms with Crippen LogP contribution in [0.2, 0.25) is 0 Å². The summed E-state index contributed by atoms with van der Waals surface area (Å²) in [5.41, 5.74) is -0.482. The van der Waals surface area contributed by atoms with Gasteiger partial charge in [-0.2, -0.15) is 0 Å². The molecular formula is C24H33ClO7. The lowest BCUT2D eigenvalue weighted by atomic mass is 9.80. The molecule has 0 fully saturated rings. The largest absolute Gasteiger partial charge is 0.493 e. The van der Waals surface area contributed by atoms with Gasteiger partial charge in [-0.3, -0.25) is 9.59 Å². The number of ketones is 1. The highest BCUT2D eigenvalue weighted by Crippen LogP contribution is 2.40. The van der Waals surface area contributed by atoms with E-state index in [1.54, 1.807) is 14.2 Å². The quantitative estimate of drug-likeness (QED) is 0.337. The van der Waals surface area contributed by atoms with Gasteiger partial charge in [0, 0.05) is 6.42 Å². The van der Waals surface area contributed by atoms with Crippen molar-refractivity contribution < 1.29 is 34.0 Å². The Morgan fingerprint density at radius 2 is 1.84 bits per heavy atom. The number of aliphatic hydroxyl groups excluding tert-OH is 1. The smallest absolute Gasteiger partial charge is 0.305 e. The van der Waals surface area contributed by atoms with E-state index in [9.17, 15) is 19.8 Å². The Balaban J connectivity index is 1.93. The Labute approximate surface area is 194 Å². The summed E-state index contributed by atoms with van der Waals surface area (Å²) in [5, 5.41) is 21.8. The number of aryl methyl sites for hydroxylation is 1. The third-order valence-corrected chi connectivity index (χ3v) is 6.21. The number of carbonyl (C=O) groups is 2. The molecule has 0 saturated heterocycles. The van der Waals surface area contributed by atoms with E-state index < -0.39 is 23.4 Å². The molecule has 1 aliphatic rings. The Morgan fingerprint density at radius 1 is 1.12 bits per heavy atom. The molecule has 0 heterocycles. The Morgan fingerprint density at radius 3 is 2.50 bits per heavy atom. The van der Waals surface area contributed by atoms with Gasteiger partial charge >= 0.3 is 5.97 Å². The van der Waals surface area contributed by atoms with E-state index in [0.717, 1.165) is 5.56 Å². The summed E-state index contributed by atoms with van der Waals surface area (Å²) < 4.78 is 15.2. The number of aliphatic hydroxyl groups is 2. The maximum atomic E-state index is 12.6. The maximum absolute atomic E-state index is 12.6. The number of hydrogen-bond acceptors (Lipinski definition) is 7. The van der Waals surface area contributed by atoms with Crippen molar-refractivity contribution >= 4 is 23.4 Å². The average Bonchev–Trinajstić information content (AvgIpc) is 3.00. The zero-order valence-electron chi connectivity index (χ0n) is 18.9. The van der Waals surface area contributed by atoms with Crippen molar-refractivity contribution in [3.05, 3.63) is 34.9 Å². The van der Waals surface area contributed by atoms with Crippen LogP contribution in [0.3, 0.4) is 0 Å². The standard InChI is InChI=1S/C24H33ClO7/c1-30-19-12-11-16(14-20(19)31-2)8-7-13-24(29)15-17(25)23(28)22(24)18(26)9-5-4-6-10-21(27)32-3/h11-12,14-15,18,22,26,29H,4-10,13H2,1-3H3. The summed E-state index contributed by atoms with van der Waals surface area (Å²) in [6.07, 6.45) is 4.53. The summed E-state index contributed by atoms with van der Waals surface area (Å²) in [7, 11) is 4.49. The molecule has 0 spiro atoms. The predicted octanol–water partition coefficient (Wildman–Crippen LogP) is 3.56. The molecule has 32 heavy (non-hydrogen) atoms. The highest BCUT2D eigenvalue weighted by atomic mass is 35.5. The molecule has 1 aromatic carbocycles. The summed E-state index contributed by atoms with van der Waals surface area (Å²) in [6.45, 7) is 0. The molecule has 1 aromatic rings. The van der Waals surface area contributed by atoms with Crippen molar-refractivity contribution in [2.75, 3.05) is 21.3 Å². The van der Waals surface area contributed by atoms with Gasteiger partial charge < -0.3 is 24.4 Å². The van der Waals surface area contributed by atoms with Crippen LogP contribution in [0.5, 0.6) is 11.5 Å². The van der Waals surface area contributed by atoms with Gasteiger partial charge in [-0.25, -0.2) is 0 Å². The zero-order valence-corrected chi connectivity index (χ0v) is 19.7. The number of benzene rings is 1. The Kier molecular flexibility index (Phi) is 10.0. The van der Waals surface area contributed by atoms with E-state index in [-0.39, 0.29) is 17.4 Å². The first-order valence-electron chi connectivity index (χ1n) is 10.9. The minimum atomic E-state index is -1.49. The van der Waals surface area contributed by atoms with Crippen LogP contribution in [0.4, 0.5) is 0 Å². The van der Waals surface area contributed by atoms with E-state index in [2.05, 4.69) is 4.74 Å². The Hall–Kier alpha value is -2.09. The molecule has 0 bridgehead atoms. The molecule has 0 saturated carbocycles.